The third kappa shape index (κ3) is 2.84. The Balaban J connectivity index is 2.44. The minimum Gasteiger partial charge on any atom is -0.395 e. The highest BCUT2D eigenvalue weighted by molar-refractivity contribution is 9.10. The third-order valence-electron chi connectivity index (χ3n) is 2.63. The zero-order chi connectivity index (χ0) is 14.2. The maximum atomic E-state index is 13.5. The predicted octanol–water partition coefficient (Wildman–Crippen LogP) is 4.50. The van der Waals surface area contributed by atoms with Gasteiger partial charge < -0.3 is 11.1 Å². The van der Waals surface area contributed by atoms with Crippen LogP contribution in [0, 0.1) is 24.4 Å². The third-order valence-corrected chi connectivity index (χ3v) is 3.24. The van der Waals surface area contributed by atoms with Crippen molar-refractivity contribution in [2.24, 2.45) is 0 Å². The maximum Gasteiger partial charge on any atom is 0.151 e. The summed E-state index contributed by atoms with van der Waals surface area (Å²) in [5.41, 5.74) is 6.44. The van der Waals surface area contributed by atoms with E-state index in [1.807, 2.05) is 0 Å². The number of halogens is 4. The van der Waals surface area contributed by atoms with Gasteiger partial charge >= 0.3 is 0 Å². The van der Waals surface area contributed by atoms with Crippen LogP contribution in [-0.4, -0.2) is 0 Å². The van der Waals surface area contributed by atoms with E-state index in [0.29, 0.717) is 21.8 Å². The Bertz CT molecular complexity index is 644. The van der Waals surface area contributed by atoms with Crippen molar-refractivity contribution >= 4 is 33.0 Å². The van der Waals surface area contributed by atoms with E-state index >= 15 is 0 Å². The molecule has 0 spiro atoms. The van der Waals surface area contributed by atoms with Crippen LogP contribution in [0.5, 0.6) is 0 Å². The van der Waals surface area contributed by atoms with Crippen LogP contribution in [0.25, 0.3) is 0 Å². The molecule has 2 rings (SSSR count). The first-order valence-corrected chi connectivity index (χ1v) is 6.15. The number of nitrogens with two attached hydrogens (primary N) is 1. The van der Waals surface area contributed by atoms with E-state index in [1.54, 1.807) is 13.0 Å². The number of anilines is 3. The zero-order valence-electron chi connectivity index (χ0n) is 9.90. The lowest BCUT2D eigenvalue weighted by atomic mass is 10.1. The normalized spacial score (nSPS) is 10.6. The number of nitrogen functional groups attached to an aromatic ring is 1. The summed E-state index contributed by atoms with van der Waals surface area (Å²) in [5.74, 6) is -2.11. The summed E-state index contributed by atoms with van der Waals surface area (Å²) in [7, 11) is 0. The summed E-state index contributed by atoms with van der Waals surface area (Å²) in [6, 6.07) is 4.53. The molecule has 0 radical (unpaired) electrons. The van der Waals surface area contributed by atoms with Crippen molar-refractivity contribution in [2.45, 2.75) is 6.92 Å². The molecular formula is C13H10BrF3N2. The number of hydrogen-bond acceptors (Lipinski definition) is 2. The summed E-state index contributed by atoms with van der Waals surface area (Å²) in [4.78, 5) is 0. The first-order chi connectivity index (χ1) is 8.88. The van der Waals surface area contributed by atoms with Crippen molar-refractivity contribution < 1.29 is 13.2 Å². The number of benzene rings is 2. The predicted molar refractivity (Wildman–Crippen MR) is 72.9 cm³/mol. The van der Waals surface area contributed by atoms with Gasteiger partial charge in [-0.15, -0.1) is 0 Å². The van der Waals surface area contributed by atoms with E-state index in [1.165, 1.54) is 6.07 Å². The van der Waals surface area contributed by atoms with Gasteiger partial charge in [-0.3, -0.25) is 0 Å². The summed E-state index contributed by atoms with van der Waals surface area (Å²) in [5, 5.41) is 2.72. The van der Waals surface area contributed by atoms with Crippen molar-refractivity contribution in [1.82, 2.24) is 0 Å². The van der Waals surface area contributed by atoms with Gasteiger partial charge in [-0.2, -0.15) is 0 Å². The molecule has 0 heterocycles. The molecule has 0 aliphatic rings. The lowest BCUT2D eigenvalue weighted by Crippen LogP contribution is -2.02. The molecule has 0 aromatic heterocycles. The molecule has 0 amide bonds. The minimum absolute atomic E-state index is 0.0577. The fourth-order valence-corrected chi connectivity index (χ4v) is 2.07. The monoisotopic (exact) mass is 330 g/mol. The molecule has 100 valence electrons. The van der Waals surface area contributed by atoms with Crippen LogP contribution in [0.3, 0.4) is 0 Å². The van der Waals surface area contributed by atoms with E-state index in [4.69, 9.17) is 5.73 Å². The standard InChI is InChI=1S/C13H10BrF3N2/c1-6-2-8(14)9(16)5-11(6)19-12-4-7(15)3-10(17)13(12)18/h2-5,19H,18H2,1H3. The van der Waals surface area contributed by atoms with E-state index in [-0.39, 0.29) is 11.4 Å². The average molecular weight is 331 g/mol. The molecule has 0 fully saturated rings. The second kappa shape index (κ2) is 5.13. The van der Waals surface area contributed by atoms with Crippen molar-refractivity contribution in [3.63, 3.8) is 0 Å². The zero-order valence-corrected chi connectivity index (χ0v) is 11.5. The Kier molecular flexibility index (Phi) is 3.71. The molecule has 0 saturated heterocycles. The van der Waals surface area contributed by atoms with E-state index in [9.17, 15) is 13.2 Å². The Hall–Kier alpha value is -1.69. The lowest BCUT2D eigenvalue weighted by Gasteiger charge is -2.13. The largest absolute Gasteiger partial charge is 0.395 e. The lowest BCUT2D eigenvalue weighted by molar-refractivity contribution is 0.587. The molecule has 2 aromatic rings. The number of rotatable bonds is 2. The second-order valence-electron chi connectivity index (χ2n) is 4.06. The van der Waals surface area contributed by atoms with Gasteiger partial charge in [-0.25, -0.2) is 13.2 Å². The molecule has 6 heteroatoms. The van der Waals surface area contributed by atoms with Crippen LogP contribution >= 0.6 is 15.9 Å². The maximum absolute atomic E-state index is 13.5. The highest BCUT2D eigenvalue weighted by Crippen LogP contribution is 2.30. The van der Waals surface area contributed by atoms with Gasteiger partial charge in [0.1, 0.15) is 11.6 Å². The molecule has 3 N–H and O–H groups in total. The minimum atomic E-state index is -0.863. The molecule has 2 aromatic carbocycles. The Morgan fingerprint density at radius 1 is 1.00 bits per heavy atom. The van der Waals surface area contributed by atoms with Gasteiger partial charge in [0.05, 0.1) is 15.8 Å². The summed E-state index contributed by atoms with van der Waals surface area (Å²) >= 11 is 3.06. The molecular weight excluding hydrogens is 321 g/mol. The van der Waals surface area contributed by atoms with Gasteiger partial charge in [-0.1, -0.05) is 0 Å². The quantitative estimate of drug-likeness (QED) is 0.795. The summed E-state index contributed by atoms with van der Waals surface area (Å²) in [6.07, 6.45) is 0. The van der Waals surface area contributed by atoms with Crippen LogP contribution in [0.1, 0.15) is 5.56 Å². The van der Waals surface area contributed by atoms with Gasteiger partial charge in [-0.05, 0) is 46.6 Å². The van der Waals surface area contributed by atoms with Gasteiger partial charge in [0.25, 0.3) is 0 Å². The van der Waals surface area contributed by atoms with Crippen LogP contribution in [0.4, 0.5) is 30.2 Å². The second-order valence-corrected chi connectivity index (χ2v) is 4.91. The Labute approximate surface area is 116 Å². The smallest absolute Gasteiger partial charge is 0.151 e. The first kappa shape index (κ1) is 13.7. The fraction of sp³-hybridized carbons (Fsp3) is 0.0769. The van der Waals surface area contributed by atoms with Crippen LogP contribution in [-0.2, 0) is 0 Å². The molecule has 0 atom stereocenters. The van der Waals surface area contributed by atoms with E-state index in [2.05, 4.69) is 21.2 Å². The molecule has 0 unspecified atom stereocenters. The molecule has 2 nitrogen and oxygen atoms in total. The number of hydrogen-bond donors (Lipinski definition) is 2. The van der Waals surface area contributed by atoms with E-state index in [0.717, 1.165) is 6.07 Å². The molecule has 0 bridgehead atoms. The summed E-state index contributed by atoms with van der Waals surface area (Å²) < 4.78 is 40.2. The van der Waals surface area contributed by atoms with Crippen LogP contribution in [0.15, 0.2) is 28.7 Å². The number of aryl methyl sites for hydroxylation is 1. The van der Waals surface area contributed by atoms with Crippen molar-refractivity contribution in [3.05, 3.63) is 51.8 Å². The molecule has 19 heavy (non-hydrogen) atoms. The molecule has 0 saturated carbocycles. The number of nitrogens with one attached hydrogen (secondary N) is 1. The van der Waals surface area contributed by atoms with Crippen molar-refractivity contribution in [1.29, 1.82) is 0 Å². The highest BCUT2D eigenvalue weighted by atomic mass is 79.9. The first-order valence-electron chi connectivity index (χ1n) is 5.35. The van der Waals surface area contributed by atoms with Gasteiger partial charge in [0, 0.05) is 11.8 Å². The topological polar surface area (TPSA) is 38.0 Å². The van der Waals surface area contributed by atoms with Crippen LogP contribution < -0.4 is 11.1 Å². The van der Waals surface area contributed by atoms with Gasteiger partial charge in [0.15, 0.2) is 5.82 Å². The van der Waals surface area contributed by atoms with E-state index < -0.39 is 17.5 Å². The molecule has 0 aliphatic carbocycles. The average Bonchev–Trinajstić information content (AvgIpc) is 2.32. The van der Waals surface area contributed by atoms with Crippen LogP contribution in [0.2, 0.25) is 0 Å². The van der Waals surface area contributed by atoms with Gasteiger partial charge in [0.2, 0.25) is 0 Å². The fourth-order valence-electron chi connectivity index (χ4n) is 1.61. The summed E-state index contributed by atoms with van der Waals surface area (Å²) in [6.45, 7) is 1.73. The Morgan fingerprint density at radius 2 is 1.68 bits per heavy atom. The highest BCUT2D eigenvalue weighted by Gasteiger charge is 2.11. The molecule has 0 aliphatic heterocycles. The van der Waals surface area contributed by atoms with Crippen molar-refractivity contribution in [2.75, 3.05) is 11.1 Å². The SMILES string of the molecule is Cc1cc(Br)c(F)cc1Nc1cc(F)cc(F)c1N. The Morgan fingerprint density at radius 3 is 2.37 bits per heavy atom. The van der Waals surface area contributed by atoms with Crippen molar-refractivity contribution in [3.8, 4) is 0 Å².